The van der Waals surface area contributed by atoms with Gasteiger partial charge in [0.1, 0.15) is 0 Å². The van der Waals surface area contributed by atoms with Crippen LogP contribution in [0.5, 0.6) is 0 Å². The molecule has 1 N–H and O–H groups in total. The number of nitrogens with zero attached hydrogens (tertiary/aromatic N) is 3. The quantitative estimate of drug-likeness (QED) is 0.718. The molecule has 4 heteroatoms. The second-order valence-corrected chi connectivity index (χ2v) is 3.41. The van der Waals surface area contributed by atoms with Crippen molar-refractivity contribution in [2.45, 2.75) is 31.7 Å². The third-order valence-corrected chi connectivity index (χ3v) is 2.37. The number of rotatable bonds is 2. The van der Waals surface area contributed by atoms with Gasteiger partial charge < -0.3 is 5.32 Å². The van der Waals surface area contributed by atoms with Gasteiger partial charge in [-0.3, -0.25) is 0 Å². The van der Waals surface area contributed by atoms with Crippen LogP contribution >= 0.6 is 0 Å². The molecule has 1 aliphatic rings. The Labute approximate surface area is 77.8 Å². The van der Waals surface area contributed by atoms with Crippen LogP contribution in [0.4, 0.5) is 0 Å². The number of piperidine rings is 1. The molecule has 70 valence electrons. The summed E-state index contributed by atoms with van der Waals surface area (Å²) in [6.45, 7) is 1.13. The van der Waals surface area contributed by atoms with Crippen LogP contribution in [0.2, 0.25) is 0 Å². The minimum Gasteiger partial charge on any atom is -0.314 e. The molecule has 2 heterocycles. The maximum Gasteiger partial charge on any atom is 0.152 e. The molecule has 0 spiro atoms. The van der Waals surface area contributed by atoms with Crippen molar-refractivity contribution >= 4 is 0 Å². The van der Waals surface area contributed by atoms with Crippen LogP contribution in [0, 0.1) is 0 Å². The molecule has 1 aromatic heterocycles. The van der Waals surface area contributed by atoms with Gasteiger partial charge in [-0.1, -0.05) is 6.42 Å². The predicted octanol–water partition coefficient (Wildman–Crippen LogP) is 0.556. The number of hydrogen-bond acceptors (Lipinski definition) is 4. The highest BCUT2D eigenvalue weighted by Crippen LogP contribution is 2.09. The van der Waals surface area contributed by atoms with Crippen LogP contribution in [0.15, 0.2) is 12.4 Å². The molecule has 0 saturated carbocycles. The first-order valence-electron chi connectivity index (χ1n) is 4.81. The zero-order valence-electron chi connectivity index (χ0n) is 7.61. The Morgan fingerprint density at radius 2 is 2.38 bits per heavy atom. The van der Waals surface area contributed by atoms with Crippen LogP contribution in [-0.2, 0) is 6.42 Å². The summed E-state index contributed by atoms with van der Waals surface area (Å²) in [5.41, 5.74) is 0. The lowest BCUT2D eigenvalue weighted by Gasteiger charge is -2.22. The van der Waals surface area contributed by atoms with E-state index < -0.39 is 0 Å². The minimum absolute atomic E-state index is 0.554. The standard InChI is InChI=1S/C9H14N4/c1-2-4-10-8(3-1)7-9-11-5-6-12-13-9/h5-6,8,10H,1-4,7H2. The van der Waals surface area contributed by atoms with E-state index in [1.54, 1.807) is 12.4 Å². The third kappa shape index (κ3) is 2.45. The molecular weight excluding hydrogens is 164 g/mol. The van der Waals surface area contributed by atoms with E-state index in [9.17, 15) is 0 Å². The normalized spacial score (nSPS) is 22.9. The van der Waals surface area contributed by atoms with Gasteiger partial charge >= 0.3 is 0 Å². The summed E-state index contributed by atoms with van der Waals surface area (Å²) >= 11 is 0. The van der Waals surface area contributed by atoms with Crippen LogP contribution in [-0.4, -0.2) is 27.8 Å². The maximum absolute atomic E-state index is 4.16. The van der Waals surface area contributed by atoms with Gasteiger partial charge in [-0.05, 0) is 19.4 Å². The van der Waals surface area contributed by atoms with Gasteiger partial charge in [-0.15, -0.1) is 5.10 Å². The molecule has 1 atom stereocenters. The van der Waals surface area contributed by atoms with Crippen molar-refractivity contribution in [3.63, 3.8) is 0 Å². The van der Waals surface area contributed by atoms with Gasteiger partial charge in [-0.25, -0.2) is 4.98 Å². The van der Waals surface area contributed by atoms with Gasteiger partial charge in [0.25, 0.3) is 0 Å². The first-order valence-corrected chi connectivity index (χ1v) is 4.81. The molecule has 0 aromatic carbocycles. The van der Waals surface area contributed by atoms with Crippen molar-refractivity contribution in [2.75, 3.05) is 6.54 Å². The van der Waals surface area contributed by atoms with Gasteiger partial charge in [0, 0.05) is 18.7 Å². The average Bonchev–Trinajstić information content (AvgIpc) is 2.21. The zero-order valence-corrected chi connectivity index (χ0v) is 7.61. The monoisotopic (exact) mass is 178 g/mol. The van der Waals surface area contributed by atoms with E-state index in [0.717, 1.165) is 18.8 Å². The van der Waals surface area contributed by atoms with E-state index >= 15 is 0 Å². The van der Waals surface area contributed by atoms with Crippen LogP contribution in [0.1, 0.15) is 25.1 Å². The summed E-state index contributed by atoms with van der Waals surface area (Å²) in [4.78, 5) is 4.16. The van der Waals surface area contributed by atoms with E-state index in [-0.39, 0.29) is 0 Å². The highest BCUT2D eigenvalue weighted by molar-refractivity contribution is 4.88. The minimum atomic E-state index is 0.554. The molecule has 13 heavy (non-hydrogen) atoms. The van der Waals surface area contributed by atoms with Crippen molar-refractivity contribution < 1.29 is 0 Å². The van der Waals surface area contributed by atoms with E-state index in [4.69, 9.17) is 0 Å². The SMILES string of the molecule is c1cnc(CC2CCCCN2)nn1. The second kappa shape index (κ2) is 4.28. The van der Waals surface area contributed by atoms with E-state index in [1.165, 1.54) is 19.3 Å². The molecule has 0 bridgehead atoms. The van der Waals surface area contributed by atoms with Crippen molar-refractivity contribution in [2.24, 2.45) is 0 Å². The van der Waals surface area contributed by atoms with E-state index in [2.05, 4.69) is 20.5 Å². The molecule has 4 nitrogen and oxygen atoms in total. The summed E-state index contributed by atoms with van der Waals surface area (Å²) in [5, 5.41) is 11.2. The van der Waals surface area contributed by atoms with Crippen molar-refractivity contribution in [3.05, 3.63) is 18.2 Å². The van der Waals surface area contributed by atoms with Crippen molar-refractivity contribution in [1.82, 2.24) is 20.5 Å². The molecule has 1 saturated heterocycles. The Morgan fingerprint density at radius 3 is 3.08 bits per heavy atom. The summed E-state index contributed by atoms with van der Waals surface area (Å²) in [7, 11) is 0. The van der Waals surface area contributed by atoms with Gasteiger partial charge in [0.15, 0.2) is 5.82 Å². The van der Waals surface area contributed by atoms with Crippen molar-refractivity contribution in [3.8, 4) is 0 Å². The fourth-order valence-electron chi connectivity index (χ4n) is 1.69. The number of nitrogens with one attached hydrogen (secondary N) is 1. The Balaban J connectivity index is 1.90. The summed E-state index contributed by atoms with van der Waals surface area (Å²) in [6, 6.07) is 0.554. The Kier molecular flexibility index (Phi) is 2.82. The predicted molar refractivity (Wildman–Crippen MR) is 49.2 cm³/mol. The highest BCUT2D eigenvalue weighted by Gasteiger charge is 2.13. The molecule has 1 unspecified atom stereocenters. The molecule has 1 fully saturated rings. The Bertz CT molecular complexity index is 243. The topological polar surface area (TPSA) is 50.7 Å². The Morgan fingerprint density at radius 1 is 1.38 bits per heavy atom. The average molecular weight is 178 g/mol. The highest BCUT2D eigenvalue weighted by atomic mass is 15.1. The smallest absolute Gasteiger partial charge is 0.152 e. The lowest BCUT2D eigenvalue weighted by atomic mass is 10.0. The van der Waals surface area contributed by atoms with Crippen LogP contribution in [0.3, 0.4) is 0 Å². The first kappa shape index (κ1) is 8.56. The molecule has 1 aromatic rings. The van der Waals surface area contributed by atoms with Gasteiger partial charge in [0.2, 0.25) is 0 Å². The van der Waals surface area contributed by atoms with Crippen LogP contribution < -0.4 is 5.32 Å². The largest absolute Gasteiger partial charge is 0.314 e. The zero-order chi connectivity index (χ0) is 8.93. The first-order chi connectivity index (χ1) is 6.45. The molecule has 0 radical (unpaired) electrons. The maximum atomic E-state index is 4.16. The van der Waals surface area contributed by atoms with E-state index in [1.807, 2.05) is 0 Å². The Hall–Kier alpha value is -1.03. The second-order valence-electron chi connectivity index (χ2n) is 3.41. The summed E-state index contributed by atoms with van der Waals surface area (Å²) in [5.74, 6) is 0.849. The van der Waals surface area contributed by atoms with E-state index in [0.29, 0.717) is 6.04 Å². The molecule has 0 aliphatic carbocycles. The number of hydrogen-bond donors (Lipinski definition) is 1. The summed E-state index contributed by atoms with van der Waals surface area (Å²) in [6.07, 6.45) is 8.07. The molecule has 0 amide bonds. The number of aromatic nitrogens is 3. The molecule has 1 aliphatic heterocycles. The lowest BCUT2D eigenvalue weighted by Crippen LogP contribution is -2.36. The molecule has 2 rings (SSSR count). The fourth-order valence-corrected chi connectivity index (χ4v) is 1.69. The van der Waals surface area contributed by atoms with Crippen molar-refractivity contribution in [1.29, 1.82) is 0 Å². The van der Waals surface area contributed by atoms with Crippen LogP contribution in [0.25, 0.3) is 0 Å². The van der Waals surface area contributed by atoms with Gasteiger partial charge in [-0.2, -0.15) is 5.10 Å². The van der Waals surface area contributed by atoms with Gasteiger partial charge in [0.05, 0.1) is 6.20 Å². The molecular formula is C9H14N4. The lowest BCUT2D eigenvalue weighted by molar-refractivity contribution is 0.393. The fraction of sp³-hybridized carbons (Fsp3) is 0.667. The summed E-state index contributed by atoms with van der Waals surface area (Å²) < 4.78 is 0. The third-order valence-electron chi connectivity index (χ3n) is 2.37.